The largest absolute Gasteiger partial charge is 0.433 e. The van der Waals surface area contributed by atoms with Crippen LogP contribution in [-0.2, 0) is 6.18 Å². The molecule has 1 fully saturated rings. The summed E-state index contributed by atoms with van der Waals surface area (Å²) in [7, 11) is 0. The second-order valence-electron chi connectivity index (χ2n) is 8.37. The van der Waals surface area contributed by atoms with Crippen LogP contribution in [0.25, 0.3) is 22.0 Å². The molecule has 0 bridgehead atoms. The Labute approximate surface area is 197 Å². The number of aromatic nitrogens is 2. The van der Waals surface area contributed by atoms with Gasteiger partial charge in [-0.05, 0) is 62.1 Å². The van der Waals surface area contributed by atoms with Crippen molar-refractivity contribution in [1.29, 1.82) is 0 Å². The van der Waals surface area contributed by atoms with Gasteiger partial charge in [-0.2, -0.15) is 13.2 Å². The van der Waals surface area contributed by atoms with E-state index in [2.05, 4.69) is 20.6 Å². The average Bonchev–Trinajstić information content (AvgIpc) is 3.24. The van der Waals surface area contributed by atoms with Crippen LogP contribution in [0.3, 0.4) is 0 Å². The normalized spacial score (nSPS) is 18.8. The standard InChI is InChI=1S/C24H20ClF3N4O2/c25-13-5-10-17-16(11-13)19(12-21(31-17)24(26,27)28)29-14-6-8-15(9-7-14)30-22(33)23-32-18-3-1-2-4-20(18)34-23/h1-5,10-12,14-15H,6-9H2,(H,29,31)(H,30,33)/t14-,15+. The molecule has 5 rings (SSSR count). The van der Waals surface area contributed by atoms with E-state index >= 15 is 0 Å². The fourth-order valence-electron chi connectivity index (χ4n) is 4.28. The van der Waals surface area contributed by atoms with Gasteiger partial charge in [-0.1, -0.05) is 23.7 Å². The van der Waals surface area contributed by atoms with E-state index in [1.54, 1.807) is 24.3 Å². The molecule has 4 aromatic rings. The number of nitrogens with one attached hydrogen (secondary N) is 2. The van der Waals surface area contributed by atoms with Crippen molar-refractivity contribution in [2.24, 2.45) is 0 Å². The van der Waals surface area contributed by atoms with Crippen molar-refractivity contribution in [1.82, 2.24) is 15.3 Å². The van der Waals surface area contributed by atoms with Gasteiger partial charge >= 0.3 is 12.1 Å². The SMILES string of the molecule is O=C(N[C@H]1CC[C@@H](Nc2cc(C(F)(F)F)nc3ccc(Cl)cc23)CC1)c1nc2ccccc2o1. The fourth-order valence-corrected chi connectivity index (χ4v) is 4.45. The van der Waals surface area contributed by atoms with Gasteiger partial charge in [0.25, 0.3) is 5.89 Å². The Morgan fingerprint density at radius 2 is 1.71 bits per heavy atom. The second kappa shape index (κ2) is 8.79. The highest BCUT2D eigenvalue weighted by atomic mass is 35.5. The van der Waals surface area contributed by atoms with Gasteiger partial charge in [0.15, 0.2) is 5.58 Å². The molecule has 2 N–H and O–H groups in total. The van der Waals surface area contributed by atoms with E-state index < -0.39 is 11.9 Å². The maximum Gasteiger partial charge on any atom is 0.433 e. The zero-order chi connectivity index (χ0) is 23.9. The molecular weight excluding hydrogens is 469 g/mol. The van der Waals surface area contributed by atoms with Crippen molar-refractivity contribution in [2.45, 2.75) is 43.9 Å². The summed E-state index contributed by atoms with van der Waals surface area (Å²) in [5, 5.41) is 7.15. The summed E-state index contributed by atoms with van der Waals surface area (Å²) in [5.41, 5.74) is 0.774. The van der Waals surface area contributed by atoms with E-state index in [1.807, 2.05) is 6.07 Å². The van der Waals surface area contributed by atoms with Gasteiger partial charge in [0.2, 0.25) is 0 Å². The molecule has 10 heteroatoms. The molecule has 1 aliphatic rings. The lowest BCUT2D eigenvalue weighted by Gasteiger charge is -2.30. The number of hydrogen-bond donors (Lipinski definition) is 2. The van der Waals surface area contributed by atoms with Crippen LogP contribution in [0.1, 0.15) is 42.1 Å². The first-order valence-electron chi connectivity index (χ1n) is 10.9. The van der Waals surface area contributed by atoms with E-state index in [0.29, 0.717) is 52.9 Å². The lowest BCUT2D eigenvalue weighted by Crippen LogP contribution is -2.40. The third-order valence-electron chi connectivity index (χ3n) is 5.97. The number of nitrogens with zero attached hydrogens (tertiary/aromatic N) is 2. The number of amides is 1. The molecule has 1 aliphatic carbocycles. The van der Waals surface area contributed by atoms with E-state index in [9.17, 15) is 18.0 Å². The Bertz CT molecular complexity index is 1330. The van der Waals surface area contributed by atoms with Crippen LogP contribution in [0.15, 0.2) is 52.9 Å². The van der Waals surface area contributed by atoms with Crippen molar-refractivity contribution in [2.75, 3.05) is 5.32 Å². The van der Waals surface area contributed by atoms with Crippen molar-refractivity contribution in [3.63, 3.8) is 0 Å². The quantitative estimate of drug-likeness (QED) is 0.357. The van der Waals surface area contributed by atoms with E-state index in [0.717, 1.165) is 6.07 Å². The molecule has 1 saturated carbocycles. The molecule has 6 nitrogen and oxygen atoms in total. The third-order valence-corrected chi connectivity index (χ3v) is 6.21. The van der Waals surface area contributed by atoms with E-state index in [1.165, 1.54) is 12.1 Å². The Morgan fingerprint density at radius 3 is 2.44 bits per heavy atom. The number of carbonyl (C=O) groups is 1. The van der Waals surface area contributed by atoms with Crippen molar-refractivity contribution in [3.05, 3.63) is 65.1 Å². The molecule has 2 aromatic carbocycles. The van der Waals surface area contributed by atoms with Crippen LogP contribution in [-0.4, -0.2) is 28.0 Å². The summed E-state index contributed by atoms with van der Waals surface area (Å²) in [5.74, 6) is -0.363. The van der Waals surface area contributed by atoms with Gasteiger partial charge in [0.05, 0.1) is 5.52 Å². The molecule has 0 atom stereocenters. The lowest BCUT2D eigenvalue weighted by atomic mass is 9.90. The van der Waals surface area contributed by atoms with Crippen LogP contribution in [0, 0.1) is 0 Å². The fraction of sp³-hybridized carbons (Fsp3) is 0.292. The number of pyridine rings is 1. The molecule has 1 amide bonds. The molecule has 2 heterocycles. The zero-order valence-corrected chi connectivity index (χ0v) is 18.6. The van der Waals surface area contributed by atoms with Gasteiger partial charge in [-0.3, -0.25) is 4.79 Å². The van der Waals surface area contributed by atoms with E-state index in [4.69, 9.17) is 16.0 Å². The Balaban J connectivity index is 1.26. The smallest absolute Gasteiger partial charge is 0.432 e. The topological polar surface area (TPSA) is 80.0 Å². The van der Waals surface area contributed by atoms with Gasteiger partial charge in [0.1, 0.15) is 11.2 Å². The number of halogens is 4. The highest BCUT2D eigenvalue weighted by Crippen LogP contribution is 2.35. The second-order valence-corrected chi connectivity index (χ2v) is 8.80. The average molecular weight is 489 g/mol. The molecule has 0 saturated heterocycles. The van der Waals surface area contributed by atoms with Crippen LogP contribution < -0.4 is 10.6 Å². The minimum Gasteiger partial charge on any atom is -0.432 e. The van der Waals surface area contributed by atoms with Crippen molar-refractivity contribution >= 4 is 45.2 Å². The lowest BCUT2D eigenvalue weighted by molar-refractivity contribution is -0.140. The maximum atomic E-state index is 13.4. The van der Waals surface area contributed by atoms with Gasteiger partial charge in [-0.15, -0.1) is 0 Å². The molecular formula is C24H20ClF3N4O2. The zero-order valence-electron chi connectivity index (χ0n) is 17.8. The predicted octanol–water partition coefficient (Wildman–Crippen LogP) is 6.20. The molecule has 34 heavy (non-hydrogen) atoms. The minimum atomic E-state index is -4.56. The molecule has 176 valence electrons. The molecule has 0 unspecified atom stereocenters. The first kappa shape index (κ1) is 22.5. The summed E-state index contributed by atoms with van der Waals surface area (Å²) in [4.78, 5) is 20.5. The predicted molar refractivity (Wildman–Crippen MR) is 123 cm³/mol. The molecule has 0 aliphatic heterocycles. The number of fused-ring (bicyclic) bond motifs is 2. The summed E-state index contributed by atoms with van der Waals surface area (Å²) >= 11 is 6.08. The number of oxazole rings is 1. The monoisotopic (exact) mass is 488 g/mol. The highest BCUT2D eigenvalue weighted by Gasteiger charge is 2.34. The van der Waals surface area contributed by atoms with Crippen molar-refractivity contribution in [3.8, 4) is 0 Å². The van der Waals surface area contributed by atoms with Crippen LogP contribution in [0.5, 0.6) is 0 Å². The Hall–Kier alpha value is -3.33. The first-order valence-corrected chi connectivity index (χ1v) is 11.2. The first-order chi connectivity index (χ1) is 16.3. The van der Waals surface area contributed by atoms with Gasteiger partial charge in [-0.25, -0.2) is 9.97 Å². The highest BCUT2D eigenvalue weighted by molar-refractivity contribution is 6.31. The summed E-state index contributed by atoms with van der Waals surface area (Å²) in [6, 6.07) is 12.7. The van der Waals surface area contributed by atoms with Crippen LogP contribution in [0.4, 0.5) is 18.9 Å². The number of benzene rings is 2. The van der Waals surface area contributed by atoms with E-state index in [-0.39, 0.29) is 29.4 Å². The molecule has 2 aromatic heterocycles. The number of anilines is 1. The Morgan fingerprint density at radius 1 is 0.971 bits per heavy atom. The van der Waals surface area contributed by atoms with Crippen LogP contribution >= 0.6 is 11.6 Å². The number of alkyl halides is 3. The van der Waals surface area contributed by atoms with Gasteiger partial charge < -0.3 is 15.1 Å². The van der Waals surface area contributed by atoms with Crippen LogP contribution in [0.2, 0.25) is 5.02 Å². The number of para-hydroxylation sites is 2. The number of carbonyl (C=O) groups excluding carboxylic acids is 1. The van der Waals surface area contributed by atoms with Gasteiger partial charge in [0, 0.05) is 28.2 Å². The summed E-state index contributed by atoms with van der Waals surface area (Å²) < 4.78 is 45.6. The van der Waals surface area contributed by atoms with Crippen molar-refractivity contribution < 1.29 is 22.4 Å². The third kappa shape index (κ3) is 4.65. The maximum absolute atomic E-state index is 13.4. The summed E-state index contributed by atoms with van der Waals surface area (Å²) in [6.45, 7) is 0. The minimum absolute atomic E-state index is 0.0151. The summed E-state index contributed by atoms with van der Waals surface area (Å²) in [6.07, 6.45) is -1.88. The molecule has 0 spiro atoms. The number of hydrogen-bond acceptors (Lipinski definition) is 5. The number of rotatable bonds is 4. The molecule has 0 radical (unpaired) electrons. The Kier molecular flexibility index (Phi) is 5.81.